The van der Waals surface area contributed by atoms with Crippen LogP contribution in [-0.2, 0) is 0 Å². The van der Waals surface area contributed by atoms with E-state index in [0.29, 0.717) is 9.74 Å². The molecule has 0 heterocycles. The van der Waals surface area contributed by atoms with Crippen LogP contribution in [0, 0.1) is 5.41 Å². The highest BCUT2D eigenvalue weighted by Crippen LogP contribution is 2.48. The molecule has 11 heavy (non-hydrogen) atoms. The third kappa shape index (κ3) is 2.19. The van der Waals surface area contributed by atoms with Gasteiger partial charge >= 0.3 is 0 Å². The first-order valence-electron chi connectivity index (χ1n) is 4.15. The fourth-order valence-electron chi connectivity index (χ4n) is 1.62. The van der Waals surface area contributed by atoms with Crippen molar-refractivity contribution in [2.75, 3.05) is 0 Å². The van der Waals surface area contributed by atoms with E-state index in [1.807, 2.05) is 0 Å². The number of rotatable bonds is 0. The monoisotopic (exact) mass is 221 g/mol. The van der Waals surface area contributed by atoms with Crippen molar-refractivity contribution >= 4 is 15.9 Å². The van der Waals surface area contributed by atoms with Crippen molar-refractivity contribution in [2.45, 2.75) is 50.8 Å². The Balaban J connectivity index is 0.000001000. The fourth-order valence-corrected chi connectivity index (χ4v) is 2.10. The first-order chi connectivity index (χ1) is 4.46. The fraction of sp³-hybridized carbons (Fsp3) is 1.00. The van der Waals surface area contributed by atoms with Crippen LogP contribution in [0.3, 0.4) is 0 Å². The van der Waals surface area contributed by atoms with Gasteiger partial charge in [0.25, 0.3) is 0 Å². The minimum atomic E-state index is 0. The van der Waals surface area contributed by atoms with Crippen LogP contribution in [0.2, 0.25) is 0 Å². The summed E-state index contributed by atoms with van der Waals surface area (Å²) in [6.45, 7) is 7.05. The van der Waals surface area contributed by atoms with E-state index < -0.39 is 0 Å². The Kier molecular flexibility index (Phi) is 3.58. The molecule has 1 fully saturated rings. The van der Waals surface area contributed by atoms with Gasteiger partial charge in [-0.2, -0.15) is 0 Å². The van der Waals surface area contributed by atoms with Crippen LogP contribution >= 0.6 is 15.9 Å². The largest absolute Gasteiger partial charge is 0.344 e. The van der Waals surface area contributed by atoms with Gasteiger partial charge in [-0.25, -0.2) is 0 Å². The molecular weight excluding hydrogens is 202 g/mol. The normalized spacial score (nSPS) is 36.0. The zero-order valence-electron chi connectivity index (χ0n) is 7.91. The summed E-state index contributed by atoms with van der Waals surface area (Å²) in [5.41, 5.74) is 0.491. The first kappa shape index (κ1) is 11.4. The topological polar surface area (TPSA) is 35.0 Å². The molecule has 1 saturated carbocycles. The quantitative estimate of drug-likeness (QED) is 0.619. The van der Waals surface area contributed by atoms with Gasteiger partial charge in [-0.3, -0.25) is 0 Å². The Labute approximate surface area is 78.7 Å². The summed E-state index contributed by atoms with van der Waals surface area (Å²) < 4.78 is 0.387. The van der Waals surface area contributed by atoms with E-state index >= 15 is 0 Å². The molecule has 0 aliphatic heterocycles. The number of hydrogen-bond donors (Lipinski definition) is 1. The molecule has 1 nitrogen and oxygen atoms in total. The van der Waals surface area contributed by atoms with Crippen LogP contribution in [0.1, 0.15) is 46.5 Å². The maximum absolute atomic E-state index is 3.81. The summed E-state index contributed by atoms with van der Waals surface area (Å²) in [4.78, 5) is 0. The molecule has 0 spiro atoms. The zero-order chi connectivity index (χ0) is 7.83. The number of alkyl halides is 1. The lowest BCUT2D eigenvalue weighted by Crippen LogP contribution is -2.38. The van der Waals surface area contributed by atoms with Crippen molar-refractivity contribution in [1.82, 2.24) is 6.15 Å². The molecule has 0 bridgehead atoms. The van der Waals surface area contributed by atoms with Gasteiger partial charge in [0, 0.05) is 4.32 Å². The lowest BCUT2D eigenvalue weighted by atomic mass is 9.70. The predicted octanol–water partition coefficient (Wildman–Crippen LogP) is 3.90. The first-order valence-corrected chi connectivity index (χ1v) is 4.94. The summed E-state index contributed by atoms with van der Waals surface area (Å²) in [6, 6.07) is 0. The highest BCUT2D eigenvalue weighted by atomic mass is 79.9. The summed E-state index contributed by atoms with van der Waals surface area (Å²) in [5.74, 6) is 0. The van der Waals surface area contributed by atoms with Crippen molar-refractivity contribution in [2.24, 2.45) is 5.41 Å². The molecule has 0 amide bonds. The highest BCUT2D eigenvalue weighted by molar-refractivity contribution is 9.10. The second-order valence-corrected chi connectivity index (χ2v) is 6.04. The second-order valence-electron chi connectivity index (χ2n) is 4.29. The molecule has 2 heteroatoms. The molecule has 0 aromatic rings. The summed E-state index contributed by atoms with van der Waals surface area (Å²) in [6.07, 6.45) is 5.51. The van der Waals surface area contributed by atoms with E-state index in [4.69, 9.17) is 0 Å². The van der Waals surface area contributed by atoms with Crippen LogP contribution < -0.4 is 6.15 Å². The summed E-state index contributed by atoms with van der Waals surface area (Å²) in [7, 11) is 0. The van der Waals surface area contributed by atoms with E-state index in [1.165, 1.54) is 25.7 Å². The van der Waals surface area contributed by atoms with Crippen molar-refractivity contribution < 1.29 is 0 Å². The van der Waals surface area contributed by atoms with Gasteiger partial charge in [0.1, 0.15) is 0 Å². The Hall–Kier alpha value is 0.440. The molecule has 1 aliphatic carbocycles. The van der Waals surface area contributed by atoms with Gasteiger partial charge in [0.15, 0.2) is 0 Å². The summed E-state index contributed by atoms with van der Waals surface area (Å²) in [5, 5.41) is 0. The van der Waals surface area contributed by atoms with Gasteiger partial charge in [-0.05, 0) is 25.2 Å². The standard InChI is InChI=1S/C9H17Br.H3N/c1-8(2)6-4-5-7-9(8,3)10;/h4-7H2,1-3H3;1H3. The van der Waals surface area contributed by atoms with Gasteiger partial charge in [0.05, 0.1) is 0 Å². The van der Waals surface area contributed by atoms with E-state index in [2.05, 4.69) is 36.7 Å². The molecule has 0 aromatic heterocycles. The third-order valence-corrected chi connectivity index (χ3v) is 4.58. The van der Waals surface area contributed by atoms with Gasteiger partial charge < -0.3 is 6.15 Å². The minimum absolute atomic E-state index is 0. The van der Waals surface area contributed by atoms with Crippen molar-refractivity contribution in [3.05, 3.63) is 0 Å². The molecular formula is C9H20BrN. The van der Waals surface area contributed by atoms with E-state index in [1.54, 1.807) is 0 Å². The van der Waals surface area contributed by atoms with Gasteiger partial charge in [0.2, 0.25) is 0 Å². The van der Waals surface area contributed by atoms with Gasteiger partial charge in [-0.15, -0.1) is 0 Å². The molecule has 1 rings (SSSR count). The Morgan fingerprint density at radius 3 is 1.73 bits per heavy atom. The zero-order valence-corrected chi connectivity index (χ0v) is 9.50. The predicted molar refractivity (Wildman–Crippen MR) is 54.6 cm³/mol. The Morgan fingerprint density at radius 1 is 1.00 bits per heavy atom. The van der Waals surface area contributed by atoms with Crippen molar-refractivity contribution in [1.29, 1.82) is 0 Å². The summed E-state index contributed by atoms with van der Waals surface area (Å²) >= 11 is 3.81. The maximum Gasteiger partial charge on any atom is 0.0280 e. The molecule has 0 aromatic carbocycles. The molecule has 1 atom stereocenters. The van der Waals surface area contributed by atoms with E-state index in [0.717, 1.165) is 0 Å². The third-order valence-electron chi connectivity index (χ3n) is 3.11. The molecule has 68 valence electrons. The Bertz CT molecular complexity index is 114. The number of halogens is 1. The van der Waals surface area contributed by atoms with Crippen LogP contribution in [0.4, 0.5) is 0 Å². The SMILES string of the molecule is CC1(C)CCCCC1(C)Br.N. The van der Waals surface area contributed by atoms with E-state index in [9.17, 15) is 0 Å². The molecule has 3 N–H and O–H groups in total. The van der Waals surface area contributed by atoms with E-state index in [-0.39, 0.29) is 6.15 Å². The molecule has 1 aliphatic rings. The van der Waals surface area contributed by atoms with Crippen LogP contribution in [0.5, 0.6) is 0 Å². The van der Waals surface area contributed by atoms with Crippen molar-refractivity contribution in [3.63, 3.8) is 0 Å². The van der Waals surface area contributed by atoms with Crippen LogP contribution in [0.15, 0.2) is 0 Å². The molecule has 0 radical (unpaired) electrons. The average Bonchev–Trinajstić information content (AvgIpc) is 1.77. The average molecular weight is 222 g/mol. The van der Waals surface area contributed by atoms with Gasteiger partial charge in [-0.1, -0.05) is 42.6 Å². The number of hydrogen-bond acceptors (Lipinski definition) is 1. The smallest absolute Gasteiger partial charge is 0.0280 e. The Morgan fingerprint density at radius 2 is 1.45 bits per heavy atom. The lowest BCUT2D eigenvalue weighted by molar-refractivity contribution is 0.191. The maximum atomic E-state index is 3.81. The minimum Gasteiger partial charge on any atom is -0.344 e. The van der Waals surface area contributed by atoms with Crippen LogP contribution in [-0.4, -0.2) is 4.32 Å². The molecule has 1 unspecified atom stereocenters. The second kappa shape index (κ2) is 3.44. The van der Waals surface area contributed by atoms with Crippen molar-refractivity contribution in [3.8, 4) is 0 Å². The lowest BCUT2D eigenvalue weighted by Gasteiger charge is -2.44. The van der Waals surface area contributed by atoms with Crippen LogP contribution in [0.25, 0.3) is 0 Å². The molecule has 0 saturated heterocycles. The highest BCUT2D eigenvalue weighted by Gasteiger charge is 2.40.